The van der Waals surface area contributed by atoms with Crippen LogP contribution >= 0.6 is 12.6 Å². The lowest BCUT2D eigenvalue weighted by atomic mass is 10.1. The number of ether oxygens (including phenoxy) is 1. The van der Waals surface area contributed by atoms with Gasteiger partial charge >= 0.3 is 5.97 Å². The van der Waals surface area contributed by atoms with Crippen molar-refractivity contribution in [2.24, 2.45) is 11.8 Å². The van der Waals surface area contributed by atoms with Gasteiger partial charge in [-0.3, -0.25) is 4.79 Å². The topological polar surface area (TPSA) is 26.3 Å². The van der Waals surface area contributed by atoms with E-state index in [1.807, 2.05) is 13.8 Å². The van der Waals surface area contributed by atoms with Gasteiger partial charge in [0.1, 0.15) is 0 Å². The van der Waals surface area contributed by atoms with E-state index in [9.17, 15) is 4.79 Å². The highest BCUT2D eigenvalue weighted by Gasteiger charge is 2.16. The molecule has 3 heteroatoms. The Labute approximate surface area is 86.5 Å². The van der Waals surface area contributed by atoms with Gasteiger partial charge in [-0.2, -0.15) is 12.6 Å². The first-order chi connectivity index (χ1) is 5.93. The van der Waals surface area contributed by atoms with Crippen molar-refractivity contribution in [3.8, 4) is 0 Å². The Morgan fingerprint density at radius 3 is 2.15 bits per heavy atom. The summed E-state index contributed by atoms with van der Waals surface area (Å²) in [5.41, 5.74) is 0. The standard InChI is InChI=1S/C10H20O2S/c1-7(2)5-9(13)10(11)12-6-8(3)4/h7-9,13H,5-6H2,1-4H3. The van der Waals surface area contributed by atoms with Crippen molar-refractivity contribution >= 4 is 18.6 Å². The second kappa shape index (κ2) is 6.30. The molecule has 13 heavy (non-hydrogen) atoms. The molecule has 2 nitrogen and oxygen atoms in total. The third kappa shape index (κ3) is 6.94. The lowest BCUT2D eigenvalue weighted by Crippen LogP contribution is -2.21. The predicted molar refractivity (Wildman–Crippen MR) is 58.0 cm³/mol. The zero-order valence-corrected chi connectivity index (χ0v) is 9.80. The van der Waals surface area contributed by atoms with Crippen LogP contribution in [0.3, 0.4) is 0 Å². The molecule has 0 aromatic carbocycles. The Balaban J connectivity index is 3.69. The number of carbonyl (C=O) groups is 1. The minimum absolute atomic E-state index is 0.189. The van der Waals surface area contributed by atoms with Gasteiger partial charge in [0.25, 0.3) is 0 Å². The number of thiol groups is 1. The van der Waals surface area contributed by atoms with E-state index >= 15 is 0 Å². The van der Waals surface area contributed by atoms with E-state index < -0.39 is 0 Å². The van der Waals surface area contributed by atoms with Crippen LogP contribution in [0.4, 0.5) is 0 Å². The van der Waals surface area contributed by atoms with Crippen LogP contribution < -0.4 is 0 Å². The maximum absolute atomic E-state index is 11.3. The number of rotatable bonds is 5. The molecule has 0 N–H and O–H groups in total. The number of hydrogen-bond donors (Lipinski definition) is 1. The van der Waals surface area contributed by atoms with Gasteiger partial charge in [0, 0.05) is 0 Å². The summed E-state index contributed by atoms with van der Waals surface area (Å²) in [4.78, 5) is 11.3. The molecule has 0 fully saturated rings. The van der Waals surface area contributed by atoms with E-state index in [2.05, 4.69) is 26.5 Å². The van der Waals surface area contributed by atoms with Gasteiger partial charge in [-0.25, -0.2) is 0 Å². The van der Waals surface area contributed by atoms with Crippen LogP contribution in [0.5, 0.6) is 0 Å². The van der Waals surface area contributed by atoms with Crippen molar-refractivity contribution in [3.05, 3.63) is 0 Å². The molecule has 0 saturated heterocycles. The first kappa shape index (κ1) is 12.8. The van der Waals surface area contributed by atoms with Gasteiger partial charge < -0.3 is 4.74 Å². The summed E-state index contributed by atoms with van der Waals surface area (Å²) in [5, 5.41) is -0.265. The van der Waals surface area contributed by atoms with Crippen molar-refractivity contribution in [1.82, 2.24) is 0 Å². The summed E-state index contributed by atoms with van der Waals surface area (Å²) in [6, 6.07) is 0. The molecule has 0 aromatic rings. The Morgan fingerprint density at radius 1 is 1.23 bits per heavy atom. The maximum atomic E-state index is 11.3. The number of esters is 1. The first-order valence-corrected chi connectivity index (χ1v) is 5.29. The normalized spacial score (nSPS) is 13.5. The third-order valence-corrected chi connectivity index (χ3v) is 1.95. The van der Waals surface area contributed by atoms with E-state index in [0.717, 1.165) is 6.42 Å². The third-order valence-electron chi connectivity index (χ3n) is 1.53. The van der Waals surface area contributed by atoms with Gasteiger partial charge in [0.05, 0.1) is 11.9 Å². The minimum atomic E-state index is -0.265. The Morgan fingerprint density at radius 2 is 1.77 bits per heavy atom. The van der Waals surface area contributed by atoms with Crippen LogP contribution in [-0.2, 0) is 9.53 Å². The van der Waals surface area contributed by atoms with E-state index in [4.69, 9.17) is 4.74 Å². The summed E-state index contributed by atoms with van der Waals surface area (Å²) in [5.74, 6) is 0.684. The average Bonchev–Trinajstić information content (AvgIpc) is 1.98. The molecule has 0 bridgehead atoms. The summed E-state index contributed by atoms with van der Waals surface area (Å²) in [7, 11) is 0. The lowest BCUT2D eigenvalue weighted by Gasteiger charge is -2.13. The van der Waals surface area contributed by atoms with E-state index in [1.54, 1.807) is 0 Å². The van der Waals surface area contributed by atoms with Crippen LogP contribution in [-0.4, -0.2) is 17.8 Å². The zero-order valence-electron chi connectivity index (χ0n) is 8.91. The highest BCUT2D eigenvalue weighted by molar-refractivity contribution is 7.81. The molecule has 0 rings (SSSR count). The first-order valence-electron chi connectivity index (χ1n) is 4.78. The van der Waals surface area contributed by atoms with Crippen molar-refractivity contribution < 1.29 is 9.53 Å². The van der Waals surface area contributed by atoms with Gasteiger partial charge in [0.2, 0.25) is 0 Å². The fourth-order valence-corrected chi connectivity index (χ4v) is 1.38. The molecule has 0 radical (unpaired) electrons. The molecule has 0 aliphatic rings. The Kier molecular flexibility index (Phi) is 6.21. The van der Waals surface area contributed by atoms with E-state index in [-0.39, 0.29) is 11.2 Å². The lowest BCUT2D eigenvalue weighted by molar-refractivity contribution is -0.144. The molecule has 0 amide bonds. The van der Waals surface area contributed by atoms with Crippen molar-refractivity contribution in [3.63, 3.8) is 0 Å². The molecule has 0 aliphatic carbocycles. The van der Waals surface area contributed by atoms with Crippen molar-refractivity contribution in [2.75, 3.05) is 6.61 Å². The van der Waals surface area contributed by atoms with Gasteiger partial charge in [-0.05, 0) is 18.3 Å². The van der Waals surface area contributed by atoms with Crippen LogP contribution in [0.1, 0.15) is 34.1 Å². The summed E-state index contributed by atoms with van der Waals surface area (Å²) < 4.78 is 5.05. The maximum Gasteiger partial charge on any atom is 0.318 e. The van der Waals surface area contributed by atoms with Crippen molar-refractivity contribution in [1.29, 1.82) is 0 Å². The molecule has 0 spiro atoms. The van der Waals surface area contributed by atoms with E-state index in [0.29, 0.717) is 18.4 Å². The number of carbonyl (C=O) groups excluding carboxylic acids is 1. The van der Waals surface area contributed by atoms with Crippen LogP contribution in [0.2, 0.25) is 0 Å². The van der Waals surface area contributed by atoms with Gasteiger partial charge in [-0.1, -0.05) is 27.7 Å². The molecule has 0 heterocycles. The monoisotopic (exact) mass is 204 g/mol. The van der Waals surface area contributed by atoms with Crippen LogP contribution in [0.15, 0.2) is 0 Å². The Hall–Kier alpha value is -0.180. The van der Waals surface area contributed by atoms with Crippen LogP contribution in [0.25, 0.3) is 0 Å². The molecule has 1 unspecified atom stereocenters. The fraction of sp³-hybridized carbons (Fsp3) is 0.900. The van der Waals surface area contributed by atoms with Crippen LogP contribution in [0, 0.1) is 11.8 Å². The molecule has 0 aromatic heterocycles. The number of hydrogen-bond acceptors (Lipinski definition) is 3. The molecule has 0 aliphatic heterocycles. The predicted octanol–water partition coefficient (Wildman–Crippen LogP) is 2.53. The smallest absolute Gasteiger partial charge is 0.318 e. The molecule has 78 valence electrons. The molecular formula is C10H20O2S. The zero-order chi connectivity index (χ0) is 10.4. The van der Waals surface area contributed by atoms with E-state index in [1.165, 1.54) is 0 Å². The highest BCUT2D eigenvalue weighted by atomic mass is 32.1. The largest absolute Gasteiger partial charge is 0.465 e. The summed E-state index contributed by atoms with van der Waals surface area (Å²) >= 11 is 4.19. The highest BCUT2D eigenvalue weighted by Crippen LogP contribution is 2.12. The molecule has 0 saturated carbocycles. The second-order valence-corrected chi connectivity index (χ2v) is 4.79. The Bertz CT molecular complexity index is 155. The summed E-state index contributed by atoms with van der Waals surface area (Å²) in [6.07, 6.45) is 0.778. The SMILES string of the molecule is CC(C)COC(=O)C(S)CC(C)C. The molecular weight excluding hydrogens is 184 g/mol. The van der Waals surface area contributed by atoms with Crippen molar-refractivity contribution in [2.45, 2.75) is 39.4 Å². The fourth-order valence-electron chi connectivity index (χ4n) is 0.888. The second-order valence-electron chi connectivity index (χ2n) is 4.17. The van der Waals surface area contributed by atoms with Gasteiger partial charge in [0.15, 0.2) is 0 Å². The van der Waals surface area contributed by atoms with Gasteiger partial charge in [-0.15, -0.1) is 0 Å². The average molecular weight is 204 g/mol. The molecule has 1 atom stereocenters. The quantitative estimate of drug-likeness (QED) is 0.550. The summed E-state index contributed by atoms with van der Waals surface area (Å²) in [6.45, 7) is 8.67. The minimum Gasteiger partial charge on any atom is -0.465 e.